The lowest BCUT2D eigenvalue weighted by molar-refractivity contribution is 0.315. The molecule has 0 amide bonds. The van der Waals surface area contributed by atoms with E-state index in [0.717, 1.165) is 104 Å². The minimum Gasteiger partial charge on any atom is -0.243 e. The number of aryl methyl sites for hydroxylation is 2. The van der Waals surface area contributed by atoms with Gasteiger partial charge < -0.3 is 0 Å². The van der Waals surface area contributed by atoms with Crippen LogP contribution in [0.1, 0.15) is 63.5 Å². The molecule has 46 heavy (non-hydrogen) atoms. The van der Waals surface area contributed by atoms with Crippen LogP contribution in [0.25, 0.3) is 52.8 Å². The minimum absolute atomic E-state index is 0.220. The maximum atomic E-state index is 15.3. The zero-order valence-electron chi connectivity index (χ0n) is 25.6. The van der Waals surface area contributed by atoms with E-state index in [4.69, 9.17) is 4.63 Å². The highest BCUT2D eigenvalue weighted by Crippen LogP contribution is 2.54. The van der Waals surface area contributed by atoms with Crippen molar-refractivity contribution >= 4 is 56.4 Å². The van der Waals surface area contributed by atoms with E-state index in [2.05, 4.69) is 32.9 Å². The summed E-state index contributed by atoms with van der Waals surface area (Å²) in [5.41, 5.74) is 7.19. The van der Waals surface area contributed by atoms with Gasteiger partial charge in [-0.05, 0) is 83.5 Å². The SMILES string of the molecule is CCCCCc1ccc(-c2ccc(-c3c4c(c(-c5ccc(-c6ccc(CCCCC)cc6F)s5)c5nonc35)N=S=N4)s2)c(F)c1. The van der Waals surface area contributed by atoms with Crippen LogP contribution in [0.4, 0.5) is 20.2 Å². The van der Waals surface area contributed by atoms with Gasteiger partial charge in [0.2, 0.25) is 0 Å². The number of benzene rings is 3. The van der Waals surface area contributed by atoms with Gasteiger partial charge in [0.05, 0.1) is 22.5 Å². The molecular formula is C36H32F2N4OS3. The Morgan fingerprint density at radius 1 is 0.587 bits per heavy atom. The summed E-state index contributed by atoms with van der Waals surface area (Å²) in [7, 11) is 0. The smallest absolute Gasteiger partial charge is 0.146 e. The van der Waals surface area contributed by atoms with Gasteiger partial charge in [-0.25, -0.2) is 13.4 Å². The summed E-state index contributed by atoms with van der Waals surface area (Å²) in [5.74, 6) is -0.440. The fourth-order valence-corrected chi connectivity index (χ4v) is 8.66. The van der Waals surface area contributed by atoms with Crippen molar-refractivity contribution in [2.24, 2.45) is 8.73 Å². The summed E-state index contributed by atoms with van der Waals surface area (Å²) in [6.45, 7) is 4.33. The topological polar surface area (TPSA) is 63.6 Å². The zero-order chi connectivity index (χ0) is 31.6. The summed E-state index contributed by atoms with van der Waals surface area (Å²) in [6, 6.07) is 18.9. The van der Waals surface area contributed by atoms with Crippen LogP contribution in [-0.2, 0) is 24.2 Å². The highest BCUT2D eigenvalue weighted by molar-refractivity contribution is 7.58. The lowest BCUT2D eigenvalue weighted by Crippen LogP contribution is -1.89. The molecule has 0 bridgehead atoms. The fourth-order valence-electron chi connectivity index (χ4n) is 5.94. The molecule has 1 aliphatic rings. The third kappa shape index (κ3) is 5.89. The third-order valence-corrected chi connectivity index (χ3v) is 11.2. The molecule has 3 aromatic carbocycles. The summed E-state index contributed by atoms with van der Waals surface area (Å²) in [5, 5.41) is 8.61. The van der Waals surface area contributed by atoms with Crippen LogP contribution in [0.3, 0.4) is 0 Å². The maximum Gasteiger partial charge on any atom is 0.146 e. The number of halogens is 2. The number of aromatic nitrogens is 2. The Balaban J connectivity index is 1.23. The van der Waals surface area contributed by atoms with E-state index in [0.29, 0.717) is 33.5 Å². The average molecular weight is 671 g/mol. The van der Waals surface area contributed by atoms with Crippen LogP contribution in [0.2, 0.25) is 0 Å². The first-order chi connectivity index (χ1) is 22.6. The number of hydrogen-bond acceptors (Lipinski definition) is 7. The Labute approximate surface area is 278 Å². The molecule has 3 aromatic heterocycles. The van der Waals surface area contributed by atoms with Gasteiger partial charge in [0.1, 0.15) is 34.0 Å². The second-order valence-electron chi connectivity index (χ2n) is 11.5. The molecule has 0 atom stereocenters. The van der Waals surface area contributed by atoms with Crippen molar-refractivity contribution in [2.45, 2.75) is 65.2 Å². The molecule has 6 aromatic rings. The van der Waals surface area contributed by atoms with E-state index in [1.165, 1.54) is 22.7 Å². The largest absolute Gasteiger partial charge is 0.243 e. The van der Waals surface area contributed by atoms with Gasteiger partial charge in [-0.1, -0.05) is 63.8 Å². The van der Waals surface area contributed by atoms with E-state index in [1.807, 2.05) is 48.5 Å². The van der Waals surface area contributed by atoms with Gasteiger partial charge in [-0.15, -0.1) is 22.7 Å². The first-order valence-electron chi connectivity index (χ1n) is 15.7. The Morgan fingerprint density at radius 2 is 1.04 bits per heavy atom. The summed E-state index contributed by atoms with van der Waals surface area (Å²) >= 11 is 4.07. The third-order valence-electron chi connectivity index (χ3n) is 8.36. The number of hydrogen-bond donors (Lipinski definition) is 0. The standard InChI is InChI=1S/C36H32F2N4OS3/c1-3-5-7-9-21-11-13-23(25(37)19-21)27-15-17-29(44-27)31-33-34(40-43-39-33)32(36-35(31)41-46-42-36)30-18-16-28(45-30)24-14-12-22(20-26(24)38)10-8-6-4-2/h11-20H,3-10H2,1-2H3. The molecule has 0 fully saturated rings. The van der Waals surface area contributed by atoms with Gasteiger partial charge in [-0.3, -0.25) is 0 Å². The molecule has 0 saturated carbocycles. The Bertz CT molecular complexity index is 1980. The highest BCUT2D eigenvalue weighted by Gasteiger charge is 2.29. The molecule has 1 aliphatic heterocycles. The van der Waals surface area contributed by atoms with Crippen molar-refractivity contribution in [2.75, 3.05) is 0 Å². The number of rotatable bonds is 12. The first kappa shape index (κ1) is 30.8. The maximum absolute atomic E-state index is 15.3. The summed E-state index contributed by atoms with van der Waals surface area (Å²) in [4.78, 5) is 3.39. The number of fused-ring (bicyclic) bond motifs is 2. The predicted molar refractivity (Wildman–Crippen MR) is 187 cm³/mol. The van der Waals surface area contributed by atoms with Crippen LogP contribution >= 0.6 is 22.7 Å². The van der Waals surface area contributed by atoms with Gasteiger partial charge in [0.25, 0.3) is 0 Å². The second kappa shape index (κ2) is 13.5. The van der Waals surface area contributed by atoms with Crippen LogP contribution in [-0.4, -0.2) is 10.3 Å². The monoisotopic (exact) mass is 670 g/mol. The van der Waals surface area contributed by atoms with Crippen LogP contribution in [0.5, 0.6) is 0 Å². The summed E-state index contributed by atoms with van der Waals surface area (Å²) < 4.78 is 45.2. The van der Waals surface area contributed by atoms with Crippen molar-refractivity contribution in [1.29, 1.82) is 0 Å². The lowest BCUT2D eigenvalue weighted by atomic mass is 10.0. The molecule has 0 radical (unpaired) electrons. The molecule has 10 heteroatoms. The van der Waals surface area contributed by atoms with Crippen molar-refractivity contribution in [3.05, 3.63) is 83.4 Å². The first-order valence-corrected chi connectivity index (χ1v) is 18.1. The van der Waals surface area contributed by atoms with Gasteiger partial charge >= 0.3 is 0 Å². The van der Waals surface area contributed by atoms with Gasteiger partial charge in [0.15, 0.2) is 0 Å². The van der Waals surface area contributed by atoms with Crippen molar-refractivity contribution in [1.82, 2.24) is 10.3 Å². The predicted octanol–water partition coefficient (Wildman–Crippen LogP) is 12.5. The molecule has 0 N–H and O–H groups in total. The highest BCUT2D eigenvalue weighted by atomic mass is 32.1. The average Bonchev–Trinajstić information content (AvgIpc) is 3.88. The van der Waals surface area contributed by atoms with Crippen LogP contribution < -0.4 is 0 Å². The minimum atomic E-state index is -0.220. The van der Waals surface area contributed by atoms with Gasteiger partial charge in [0, 0.05) is 30.6 Å². The normalized spacial score (nSPS) is 12.3. The van der Waals surface area contributed by atoms with E-state index >= 15 is 8.78 Å². The van der Waals surface area contributed by atoms with Crippen molar-refractivity contribution in [3.8, 4) is 41.8 Å². The second-order valence-corrected chi connectivity index (χ2v) is 14.2. The Hall–Kier alpha value is -3.86. The quantitative estimate of drug-likeness (QED) is 0.122. The van der Waals surface area contributed by atoms with E-state index in [1.54, 1.807) is 12.1 Å². The van der Waals surface area contributed by atoms with Crippen LogP contribution in [0.15, 0.2) is 74.0 Å². The molecule has 4 heterocycles. The van der Waals surface area contributed by atoms with E-state index < -0.39 is 0 Å². The number of nitrogens with zero attached hydrogens (tertiary/aromatic N) is 4. The Morgan fingerprint density at radius 3 is 1.48 bits per heavy atom. The van der Waals surface area contributed by atoms with Crippen LogP contribution in [0, 0.1) is 11.6 Å². The van der Waals surface area contributed by atoms with E-state index in [-0.39, 0.29) is 11.6 Å². The van der Waals surface area contributed by atoms with Crippen molar-refractivity contribution in [3.63, 3.8) is 0 Å². The molecule has 0 spiro atoms. The zero-order valence-corrected chi connectivity index (χ0v) is 28.1. The number of unbranched alkanes of at least 4 members (excludes halogenated alkanes) is 4. The molecule has 7 rings (SSSR count). The van der Waals surface area contributed by atoms with E-state index in [9.17, 15) is 0 Å². The molecule has 5 nitrogen and oxygen atoms in total. The Kier molecular flexibility index (Phi) is 9.01. The lowest BCUT2D eigenvalue weighted by Gasteiger charge is -2.09. The molecule has 0 aliphatic carbocycles. The van der Waals surface area contributed by atoms with Gasteiger partial charge in [-0.2, -0.15) is 8.73 Å². The number of thiophene rings is 2. The fraction of sp³-hybridized carbons (Fsp3) is 0.278. The summed E-state index contributed by atoms with van der Waals surface area (Å²) in [6.07, 6.45) is 8.43. The molecule has 0 saturated heterocycles. The molecule has 234 valence electrons. The molecule has 0 unspecified atom stereocenters. The van der Waals surface area contributed by atoms with Crippen molar-refractivity contribution < 1.29 is 13.4 Å². The molecular weight excluding hydrogens is 639 g/mol.